The number of hydrogen-bond acceptors (Lipinski definition) is 5. The van der Waals surface area contributed by atoms with Gasteiger partial charge in [0.05, 0.1) is 18.9 Å². The number of carbonyl (C=O) groups is 2. The van der Waals surface area contributed by atoms with Crippen molar-refractivity contribution in [3.05, 3.63) is 102 Å². The molecule has 176 valence electrons. The number of methoxy groups -OCH3 is 1. The lowest BCUT2D eigenvalue weighted by Crippen LogP contribution is -2.20. The second-order valence-electron chi connectivity index (χ2n) is 7.51. The molecule has 0 atom stereocenters. The van der Waals surface area contributed by atoms with Crippen LogP contribution in [0.3, 0.4) is 0 Å². The highest BCUT2D eigenvalue weighted by molar-refractivity contribution is 6.02. The molecule has 4 aromatic carbocycles. The minimum atomic E-state index is -0.393. The first-order valence-electron chi connectivity index (χ1n) is 10.7. The van der Waals surface area contributed by atoms with Crippen molar-refractivity contribution in [3.8, 4) is 11.5 Å². The van der Waals surface area contributed by atoms with Gasteiger partial charge in [0.25, 0.3) is 11.8 Å². The highest BCUT2D eigenvalue weighted by atomic mass is 19.1. The number of hydrazone groups is 1. The number of amides is 2. The molecular weight excluding hydrogens is 449 g/mol. The van der Waals surface area contributed by atoms with Gasteiger partial charge in [-0.05, 0) is 77.0 Å². The van der Waals surface area contributed by atoms with E-state index >= 15 is 0 Å². The maximum absolute atomic E-state index is 12.9. The lowest BCUT2D eigenvalue weighted by atomic mass is 10.1. The lowest BCUT2D eigenvalue weighted by molar-refractivity contribution is -0.118. The Bertz CT molecular complexity index is 1370. The Kier molecular flexibility index (Phi) is 7.32. The van der Waals surface area contributed by atoms with Crippen LogP contribution in [0.5, 0.6) is 11.5 Å². The second-order valence-corrected chi connectivity index (χ2v) is 7.51. The van der Waals surface area contributed by atoms with Crippen LogP contribution in [0.1, 0.15) is 15.9 Å². The highest BCUT2D eigenvalue weighted by Gasteiger charge is 2.13. The van der Waals surface area contributed by atoms with E-state index in [1.54, 1.807) is 30.3 Å². The number of benzene rings is 4. The number of anilines is 1. The summed E-state index contributed by atoms with van der Waals surface area (Å²) in [6.07, 6.45) is 1.50. The predicted octanol–water partition coefficient (Wildman–Crippen LogP) is 4.77. The van der Waals surface area contributed by atoms with Gasteiger partial charge in [0.15, 0.2) is 6.61 Å². The molecule has 4 aromatic rings. The molecule has 0 unspecified atom stereocenters. The Morgan fingerprint density at radius 3 is 2.31 bits per heavy atom. The quantitative estimate of drug-likeness (QED) is 0.286. The fourth-order valence-corrected chi connectivity index (χ4v) is 3.32. The summed E-state index contributed by atoms with van der Waals surface area (Å²) in [5, 5.41) is 8.53. The van der Waals surface area contributed by atoms with Crippen LogP contribution >= 0.6 is 0 Å². The molecule has 8 heteroatoms. The highest BCUT2D eigenvalue weighted by Crippen LogP contribution is 2.25. The first-order chi connectivity index (χ1) is 17.0. The van der Waals surface area contributed by atoms with Gasteiger partial charge in [-0.2, -0.15) is 5.10 Å². The van der Waals surface area contributed by atoms with Crippen molar-refractivity contribution in [1.29, 1.82) is 0 Å². The van der Waals surface area contributed by atoms with E-state index < -0.39 is 5.91 Å². The third-order valence-corrected chi connectivity index (χ3v) is 5.07. The zero-order valence-corrected chi connectivity index (χ0v) is 18.8. The fraction of sp³-hybridized carbons (Fsp3) is 0.0741. The van der Waals surface area contributed by atoms with Crippen LogP contribution in [0, 0.1) is 5.82 Å². The maximum Gasteiger partial charge on any atom is 0.275 e. The molecular formula is C27H22FN3O4. The Hall–Kier alpha value is -4.72. The average molecular weight is 471 g/mol. The smallest absolute Gasteiger partial charge is 0.275 e. The number of nitrogens with one attached hydrogen (secondary N) is 2. The summed E-state index contributed by atoms with van der Waals surface area (Å²) >= 11 is 0. The van der Waals surface area contributed by atoms with Crippen LogP contribution in [0.15, 0.2) is 90.0 Å². The van der Waals surface area contributed by atoms with Crippen molar-refractivity contribution in [1.82, 2.24) is 5.43 Å². The molecule has 35 heavy (non-hydrogen) atoms. The van der Waals surface area contributed by atoms with Gasteiger partial charge < -0.3 is 14.8 Å². The summed E-state index contributed by atoms with van der Waals surface area (Å²) in [6.45, 7) is -0.200. The van der Waals surface area contributed by atoms with Crippen molar-refractivity contribution >= 4 is 34.5 Å². The topological polar surface area (TPSA) is 89.0 Å². The number of fused-ring (bicyclic) bond motifs is 1. The summed E-state index contributed by atoms with van der Waals surface area (Å²) in [5.41, 5.74) is 4.09. The molecule has 0 heterocycles. The Balaban J connectivity index is 1.30. The van der Waals surface area contributed by atoms with Crippen LogP contribution in [-0.4, -0.2) is 31.7 Å². The molecule has 7 nitrogen and oxygen atoms in total. The van der Waals surface area contributed by atoms with E-state index in [0.717, 1.165) is 16.3 Å². The molecule has 0 saturated carbocycles. The molecule has 0 bridgehead atoms. The van der Waals surface area contributed by atoms with Crippen LogP contribution < -0.4 is 20.2 Å². The van der Waals surface area contributed by atoms with E-state index in [4.69, 9.17) is 9.47 Å². The van der Waals surface area contributed by atoms with Gasteiger partial charge in [0.1, 0.15) is 17.3 Å². The van der Waals surface area contributed by atoms with Gasteiger partial charge in [-0.1, -0.05) is 24.3 Å². The number of hydrogen-bond donors (Lipinski definition) is 2. The summed E-state index contributed by atoms with van der Waals surface area (Å²) in [7, 11) is 1.51. The second kappa shape index (κ2) is 10.9. The van der Waals surface area contributed by atoms with Crippen molar-refractivity contribution < 1.29 is 23.5 Å². The predicted molar refractivity (Wildman–Crippen MR) is 133 cm³/mol. The van der Waals surface area contributed by atoms with Gasteiger partial charge in [-0.15, -0.1) is 0 Å². The van der Waals surface area contributed by atoms with Crippen LogP contribution in [0.4, 0.5) is 10.1 Å². The van der Waals surface area contributed by atoms with Crippen molar-refractivity contribution in [2.45, 2.75) is 0 Å². The lowest BCUT2D eigenvalue weighted by Gasteiger charge is -2.09. The minimum Gasteiger partial charge on any atom is -0.496 e. The Morgan fingerprint density at radius 2 is 1.63 bits per heavy atom. The SMILES string of the molecule is COc1cc2ccccc2cc1C(=O)N/N=C\c1ccc(OCC(=O)Nc2ccc(F)cc2)cc1. The number of halogens is 1. The molecule has 4 rings (SSSR count). The summed E-state index contributed by atoms with van der Waals surface area (Å²) in [4.78, 5) is 24.6. The molecule has 0 aliphatic heterocycles. The van der Waals surface area contributed by atoms with Gasteiger partial charge in [-0.3, -0.25) is 9.59 Å². The van der Waals surface area contributed by atoms with E-state index in [0.29, 0.717) is 22.7 Å². The molecule has 0 spiro atoms. The van der Waals surface area contributed by atoms with E-state index in [1.807, 2.05) is 30.3 Å². The molecule has 0 aromatic heterocycles. The zero-order chi connectivity index (χ0) is 24.6. The first-order valence-corrected chi connectivity index (χ1v) is 10.7. The third-order valence-electron chi connectivity index (χ3n) is 5.07. The normalized spacial score (nSPS) is 10.8. The summed E-state index contributed by atoms with van der Waals surface area (Å²) < 4.78 is 23.8. The van der Waals surface area contributed by atoms with Crippen LogP contribution in [0.2, 0.25) is 0 Å². The monoisotopic (exact) mass is 471 g/mol. The van der Waals surface area contributed by atoms with Gasteiger partial charge in [0.2, 0.25) is 0 Å². The van der Waals surface area contributed by atoms with Gasteiger partial charge in [0, 0.05) is 5.69 Å². The van der Waals surface area contributed by atoms with E-state index in [9.17, 15) is 14.0 Å². The largest absolute Gasteiger partial charge is 0.496 e. The van der Waals surface area contributed by atoms with Crippen LogP contribution in [-0.2, 0) is 4.79 Å². The minimum absolute atomic E-state index is 0.200. The fourth-order valence-electron chi connectivity index (χ4n) is 3.32. The number of nitrogens with zero attached hydrogens (tertiary/aromatic N) is 1. The van der Waals surface area contributed by atoms with Crippen molar-refractivity contribution in [2.75, 3.05) is 19.0 Å². The molecule has 0 aliphatic carbocycles. The molecule has 0 radical (unpaired) electrons. The first kappa shape index (κ1) is 23.4. The van der Waals surface area contributed by atoms with Gasteiger partial charge in [-0.25, -0.2) is 9.82 Å². The molecule has 2 amide bonds. The van der Waals surface area contributed by atoms with E-state index in [2.05, 4.69) is 15.8 Å². The van der Waals surface area contributed by atoms with Crippen molar-refractivity contribution in [3.63, 3.8) is 0 Å². The Labute approximate surface area is 201 Å². The summed E-state index contributed by atoms with van der Waals surface area (Å²) in [5.74, 6) is -0.191. The molecule has 0 aliphatic rings. The maximum atomic E-state index is 12.9. The summed E-state index contributed by atoms with van der Waals surface area (Å²) in [6, 6.07) is 23.6. The average Bonchev–Trinajstić information content (AvgIpc) is 2.88. The molecule has 0 fully saturated rings. The number of rotatable bonds is 8. The molecule has 0 saturated heterocycles. The zero-order valence-electron chi connectivity index (χ0n) is 18.8. The standard InChI is InChI=1S/C27H22FN3O4/c1-34-25-15-20-5-3-2-4-19(20)14-24(25)27(33)31-29-16-18-6-12-23(13-7-18)35-17-26(32)30-22-10-8-21(28)9-11-22/h2-16H,17H2,1H3,(H,30,32)(H,31,33)/b29-16-. The van der Waals surface area contributed by atoms with Crippen molar-refractivity contribution in [2.24, 2.45) is 5.10 Å². The Morgan fingerprint density at radius 1 is 0.943 bits per heavy atom. The number of carbonyl (C=O) groups excluding carboxylic acids is 2. The third kappa shape index (κ3) is 6.20. The number of ether oxygens (including phenoxy) is 2. The molecule has 2 N–H and O–H groups in total. The van der Waals surface area contributed by atoms with E-state index in [1.165, 1.54) is 37.6 Å². The van der Waals surface area contributed by atoms with E-state index in [-0.39, 0.29) is 18.3 Å². The van der Waals surface area contributed by atoms with Crippen LogP contribution in [0.25, 0.3) is 10.8 Å². The van der Waals surface area contributed by atoms with Gasteiger partial charge >= 0.3 is 0 Å².